The van der Waals surface area contributed by atoms with Crippen LogP contribution in [0.5, 0.6) is 0 Å². The van der Waals surface area contributed by atoms with Crippen molar-refractivity contribution in [3.05, 3.63) is 0 Å². The van der Waals surface area contributed by atoms with E-state index in [1.165, 1.54) is 0 Å². The van der Waals surface area contributed by atoms with Crippen LogP contribution in [0.2, 0.25) is 0 Å². The van der Waals surface area contributed by atoms with E-state index >= 15 is 0 Å². The average Bonchev–Trinajstić information content (AvgIpc) is 2.95. The van der Waals surface area contributed by atoms with Gasteiger partial charge in [0.1, 0.15) is 0 Å². The molecule has 0 saturated carbocycles. The topological polar surface area (TPSA) is 123 Å². The van der Waals surface area contributed by atoms with Gasteiger partial charge in [-0.25, -0.2) is 0 Å². The molecule has 0 amide bonds. The number of hydrogen-bond donors (Lipinski definition) is 1. The lowest BCUT2D eigenvalue weighted by Crippen LogP contribution is -2.23. The second-order valence-corrected chi connectivity index (χ2v) is 7.38. The summed E-state index contributed by atoms with van der Waals surface area (Å²) >= 11 is 0. The summed E-state index contributed by atoms with van der Waals surface area (Å²) in [5.41, 5.74) is 0. The lowest BCUT2D eigenvalue weighted by Gasteiger charge is -2.06. The van der Waals surface area contributed by atoms with E-state index in [-0.39, 0.29) is 0 Å². The molecule has 0 atom stereocenters. The Morgan fingerprint density at radius 2 is 0.436 bits per heavy atom. The van der Waals surface area contributed by atoms with Crippen molar-refractivity contribution in [2.24, 2.45) is 0 Å². The van der Waals surface area contributed by atoms with E-state index < -0.39 is 0 Å². The summed E-state index contributed by atoms with van der Waals surface area (Å²) in [6.45, 7) is 13.1. The Morgan fingerprint density at radius 3 is 0.615 bits per heavy atom. The molecule has 13 heteroatoms. The van der Waals surface area contributed by atoms with Gasteiger partial charge in [0.25, 0.3) is 0 Å². The molecule has 0 bridgehead atoms. The lowest BCUT2D eigenvalue weighted by atomic mass is 10.6. The van der Waals surface area contributed by atoms with Crippen LogP contribution in [0.1, 0.15) is 0 Å². The minimum Gasteiger partial charge on any atom is -0.383 e. The molecule has 0 aliphatic rings. The minimum atomic E-state index is 0.595. The van der Waals surface area contributed by atoms with Gasteiger partial charge in [0.2, 0.25) is 0 Å². The molecule has 0 aromatic carbocycles. The Hall–Kier alpha value is -0.520. The van der Waals surface area contributed by atoms with E-state index in [1.54, 1.807) is 42.7 Å². The molecule has 0 fully saturated rings. The normalized spacial score (nSPS) is 10.6. The number of nitrogens with one attached hydrogen (secondary N) is 1. The molecule has 0 radical (unpaired) electrons. The van der Waals surface area contributed by atoms with Crippen LogP contribution in [-0.4, -0.2) is 175 Å². The van der Waals surface area contributed by atoms with Crippen molar-refractivity contribution >= 4 is 0 Å². The molecule has 240 valence electrons. The maximum atomic E-state index is 5.26. The monoisotopic (exact) mass is 577 g/mol. The summed E-state index contributed by atoms with van der Waals surface area (Å²) in [6, 6.07) is 0. The smallest absolute Gasteiger partial charge is 0.0701 e. The van der Waals surface area contributed by atoms with Crippen LogP contribution in [0.3, 0.4) is 0 Å². The van der Waals surface area contributed by atoms with Gasteiger partial charge in [-0.15, -0.1) is 0 Å². The van der Waals surface area contributed by atoms with Crippen LogP contribution in [-0.2, 0) is 56.8 Å². The highest BCUT2D eigenvalue weighted by molar-refractivity contribution is 4.42. The summed E-state index contributed by atoms with van der Waals surface area (Å²) in [5.74, 6) is 0. The van der Waals surface area contributed by atoms with Crippen molar-refractivity contribution in [3.8, 4) is 0 Å². The molecule has 39 heavy (non-hydrogen) atoms. The zero-order valence-corrected chi connectivity index (χ0v) is 25.5. The SMILES string of the molecule is COCCNCCOC.COCCOCCOCCOCCOC.COCCOCCOCCOCCOC. The quantitative estimate of drug-likeness (QED) is 0.120. The Morgan fingerprint density at radius 1 is 0.256 bits per heavy atom. The maximum absolute atomic E-state index is 5.26. The fourth-order valence-corrected chi connectivity index (χ4v) is 2.13. The number of hydrogen-bond acceptors (Lipinski definition) is 13. The number of ether oxygens (including phenoxy) is 12. The van der Waals surface area contributed by atoms with Crippen molar-refractivity contribution < 1.29 is 56.8 Å². The van der Waals surface area contributed by atoms with Crippen molar-refractivity contribution in [1.29, 1.82) is 0 Å². The molecule has 0 unspecified atom stereocenters. The van der Waals surface area contributed by atoms with Crippen LogP contribution in [0, 0.1) is 0 Å². The van der Waals surface area contributed by atoms with Crippen LogP contribution in [0.25, 0.3) is 0 Å². The first-order valence-electron chi connectivity index (χ1n) is 13.4. The molecule has 0 aromatic heterocycles. The summed E-state index contributed by atoms with van der Waals surface area (Å²) < 4.78 is 60.3. The average molecular weight is 578 g/mol. The number of rotatable bonds is 30. The van der Waals surface area contributed by atoms with Gasteiger partial charge in [-0.1, -0.05) is 0 Å². The maximum Gasteiger partial charge on any atom is 0.0701 e. The number of methoxy groups -OCH3 is 6. The molecule has 0 rings (SSSR count). The van der Waals surface area contributed by atoms with E-state index in [9.17, 15) is 0 Å². The first kappa shape index (κ1) is 42.9. The second-order valence-electron chi connectivity index (χ2n) is 7.38. The largest absolute Gasteiger partial charge is 0.383 e. The highest BCUT2D eigenvalue weighted by Crippen LogP contribution is 1.83. The van der Waals surface area contributed by atoms with E-state index in [1.807, 2.05) is 0 Å². The van der Waals surface area contributed by atoms with Crippen LogP contribution < -0.4 is 5.32 Å². The molecular weight excluding hydrogens is 518 g/mol. The Balaban J connectivity index is -0.000000516. The second kappa shape index (κ2) is 47.3. The van der Waals surface area contributed by atoms with Crippen molar-refractivity contribution in [2.45, 2.75) is 0 Å². The van der Waals surface area contributed by atoms with Gasteiger partial charge in [-0.3, -0.25) is 0 Å². The molecule has 0 heterocycles. The van der Waals surface area contributed by atoms with Gasteiger partial charge >= 0.3 is 0 Å². The zero-order chi connectivity index (χ0) is 29.3. The zero-order valence-electron chi connectivity index (χ0n) is 25.5. The Labute approximate surface area is 237 Å². The highest BCUT2D eigenvalue weighted by Gasteiger charge is 1.92. The molecular formula is C26H59NO12. The van der Waals surface area contributed by atoms with Crippen LogP contribution in [0.4, 0.5) is 0 Å². The fourth-order valence-electron chi connectivity index (χ4n) is 2.13. The Kier molecular flexibility index (Phi) is 52.1. The standard InChI is InChI=1S/2C10H22O5.C6H15NO2/c2*1-11-3-5-13-7-9-15-10-8-14-6-4-12-2;1-8-5-3-7-4-6-9-2/h2*3-10H2,1-2H3;7H,3-6H2,1-2H3. The summed E-state index contributed by atoms with van der Waals surface area (Å²) in [6.07, 6.45) is 0. The van der Waals surface area contributed by atoms with E-state index in [0.717, 1.165) is 26.3 Å². The van der Waals surface area contributed by atoms with E-state index in [4.69, 9.17) is 56.8 Å². The predicted octanol–water partition coefficient (Wildman–Crippen LogP) is 0.527. The van der Waals surface area contributed by atoms with Crippen molar-refractivity contribution in [2.75, 3.05) is 175 Å². The molecule has 0 aromatic rings. The fraction of sp³-hybridized carbons (Fsp3) is 1.00. The summed E-state index contributed by atoms with van der Waals surface area (Å²) in [7, 11) is 9.98. The first-order valence-corrected chi connectivity index (χ1v) is 13.4. The van der Waals surface area contributed by atoms with Gasteiger partial charge in [0.05, 0.1) is 119 Å². The van der Waals surface area contributed by atoms with Gasteiger partial charge in [0, 0.05) is 55.7 Å². The lowest BCUT2D eigenvalue weighted by molar-refractivity contribution is -0.00380. The van der Waals surface area contributed by atoms with Gasteiger partial charge in [-0.2, -0.15) is 0 Å². The first-order chi connectivity index (χ1) is 19.2. The molecule has 0 spiro atoms. The Bertz CT molecular complexity index is 318. The van der Waals surface area contributed by atoms with E-state index in [0.29, 0.717) is 106 Å². The predicted molar refractivity (Wildman–Crippen MR) is 149 cm³/mol. The summed E-state index contributed by atoms with van der Waals surface area (Å²) in [4.78, 5) is 0. The van der Waals surface area contributed by atoms with Gasteiger partial charge in [-0.05, 0) is 0 Å². The highest BCUT2D eigenvalue weighted by atomic mass is 16.6. The molecule has 0 saturated heterocycles. The third-order valence-corrected chi connectivity index (χ3v) is 4.18. The molecule has 0 aliphatic heterocycles. The molecule has 0 aliphatic carbocycles. The third-order valence-electron chi connectivity index (χ3n) is 4.18. The van der Waals surface area contributed by atoms with Crippen LogP contribution >= 0.6 is 0 Å². The summed E-state index contributed by atoms with van der Waals surface area (Å²) in [5, 5.41) is 3.14. The van der Waals surface area contributed by atoms with Crippen molar-refractivity contribution in [3.63, 3.8) is 0 Å². The third kappa shape index (κ3) is 54.3. The van der Waals surface area contributed by atoms with Gasteiger partial charge < -0.3 is 62.2 Å². The van der Waals surface area contributed by atoms with Gasteiger partial charge in [0.15, 0.2) is 0 Å². The molecule has 1 N–H and O–H groups in total. The van der Waals surface area contributed by atoms with Crippen molar-refractivity contribution in [1.82, 2.24) is 5.32 Å². The minimum absolute atomic E-state index is 0.595. The van der Waals surface area contributed by atoms with Crippen LogP contribution in [0.15, 0.2) is 0 Å². The molecule has 13 nitrogen and oxygen atoms in total. The van der Waals surface area contributed by atoms with E-state index in [2.05, 4.69) is 5.32 Å².